The van der Waals surface area contributed by atoms with Crippen LogP contribution in [0.2, 0.25) is 0 Å². The maximum atomic E-state index is 13.9. The molecule has 0 fully saturated rings. The minimum Gasteiger partial charge on any atom is -0.379 e. The van der Waals surface area contributed by atoms with Crippen molar-refractivity contribution < 1.29 is 18.3 Å². The Morgan fingerprint density at radius 1 is 1.05 bits per heavy atom. The SMILES string of the molecule is Cc1ccc(C(C)(O)c2ccc(F)cn2)c(F)c1F. The molecule has 2 rings (SSSR count). The Hall–Kier alpha value is -1.88. The minimum absolute atomic E-state index is 0.0380. The van der Waals surface area contributed by atoms with E-state index in [2.05, 4.69) is 4.98 Å². The molecule has 0 saturated heterocycles. The average Bonchev–Trinajstić information content (AvgIpc) is 2.36. The van der Waals surface area contributed by atoms with Crippen LogP contribution in [-0.4, -0.2) is 10.1 Å². The zero-order valence-corrected chi connectivity index (χ0v) is 10.4. The Balaban J connectivity index is 2.56. The molecule has 0 bridgehead atoms. The van der Waals surface area contributed by atoms with Crippen molar-refractivity contribution in [2.45, 2.75) is 19.4 Å². The van der Waals surface area contributed by atoms with Crippen LogP contribution in [0.3, 0.4) is 0 Å². The molecular formula is C14H12F3NO. The van der Waals surface area contributed by atoms with Crippen molar-refractivity contribution in [1.29, 1.82) is 0 Å². The van der Waals surface area contributed by atoms with Crippen LogP contribution in [0.4, 0.5) is 13.2 Å². The molecule has 1 aromatic carbocycles. The minimum atomic E-state index is -1.84. The van der Waals surface area contributed by atoms with E-state index in [9.17, 15) is 18.3 Å². The van der Waals surface area contributed by atoms with Gasteiger partial charge < -0.3 is 5.11 Å². The lowest BCUT2D eigenvalue weighted by molar-refractivity contribution is 0.0921. The van der Waals surface area contributed by atoms with Crippen molar-refractivity contribution in [2.24, 2.45) is 0 Å². The maximum absolute atomic E-state index is 13.9. The number of nitrogens with zero attached hydrogens (tertiary/aromatic N) is 1. The Labute approximate surface area is 108 Å². The number of benzene rings is 1. The molecule has 0 aliphatic rings. The fourth-order valence-electron chi connectivity index (χ4n) is 1.82. The zero-order chi connectivity index (χ0) is 14.2. The molecule has 0 amide bonds. The van der Waals surface area contributed by atoms with Crippen LogP contribution in [0, 0.1) is 24.4 Å². The zero-order valence-electron chi connectivity index (χ0n) is 10.4. The molecular weight excluding hydrogens is 255 g/mol. The molecule has 1 heterocycles. The third-order valence-electron chi connectivity index (χ3n) is 3.03. The highest BCUT2D eigenvalue weighted by Gasteiger charge is 2.32. The number of halogens is 3. The highest BCUT2D eigenvalue weighted by atomic mass is 19.2. The monoisotopic (exact) mass is 267 g/mol. The summed E-state index contributed by atoms with van der Waals surface area (Å²) in [5.74, 6) is -2.72. The van der Waals surface area contributed by atoms with Crippen molar-refractivity contribution in [3.63, 3.8) is 0 Å². The lowest BCUT2D eigenvalue weighted by atomic mass is 9.90. The predicted molar refractivity (Wildman–Crippen MR) is 64.0 cm³/mol. The van der Waals surface area contributed by atoms with Gasteiger partial charge >= 0.3 is 0 Å². The summed E-state index contributed by atoms with van der Waals surface area (Å²) >= 11 is 0. The van der Waals surface area contributed by atoms with Crippen LogP contribution in [0.1, 0.15) is 23.7 Å². The van der Waals surface area contributed by atoms with E-state index in [1.807, 2.05) is 0 Å². The molecule has 1 atom stereocenters. The van der Waals surface area contributed by atoms with E-state index < -0.39 is 23.1 Å². The van der Waals surface area contributed by atoms with Crippen molar-refractivity contribution in [3.05, 3.63) is 64.7 Å². The van der Waals surface area contributed by atoms with Crippen molar-refractivity contribution in [1.82, 2.24) is 4.98 Å². The highest BCUT2D eigenvalue weighted by Crippen LogP contribution is 2.31. The maximum Gasteiger partial charge on any atom is 0.165 e. The summed E-state index contributed by atoms with van der Waals surface area (Å²) in [6, 6.07) is 4.98. The molecule has 0 aliphatic heterocycles. The molecule has 2 aromatic rings. The van der Waals surface area contributed by atoms with Gasteiger partial charge in [0, 0.05) is 5.56 Å². The van der Waals surface area contributed by atoms with Gasteiger partial charge in [-0.2, -0.15) is 0 Å². The van der Waals surface area contributed by atoms with Gasteiger partial charge in [0.15, 0.2) is 11.6 Å². The first-order valence-electron chi connectivity index (χ1n) is 5.63. The molecule has 1 unspecified atom stereocenters. The molecule has 0 radical (unpaired) electrons. The summed E-state index contributed by atoms with van der Waals surface area (Å²) in [5, 5.41) is 10.4. The summed E-state index contributed by atoms with van der Waals surface area (Å²) in [5.41, 5.74) is -1.90. The van der Waals surface area contributed by atoms with Gasteiger partial charge in [-0.25, -0.2) is 13.2 Å². The number of pyridine rings is 1. The van der Waals surface area contributed by atoms with Crippen LogP contribution in [0.25, 0.3) is 0 Å². The molecule has 5 heteroatoms. The molecule has 0 aliphatic carbocycles. The topological polar surface area (TPSA) is 33.1 Å². The highest BCUT2D eigenvalue weighted by molar-refractivity contribution is 5.35. The first-order chi connectivity index (χ1) is 8.84. The van der Waals surface area contributed by atoms with Gasteiger partial charge in [-0.15, -0.1) is 0 Å². The second-order valence-corrected chi connectivity index (χ2v) is 4.49. The number of aryl methyl sites for hydroxylation is 1. The predicted octanol–water partition coefficient (Wildman–Crippen LogP) is 3.06. The van der Waals surface area contributed by atoms with E-state index in [0.29, 0.717) is 0 Å². The summed E-state index contributed by atoms with van der Waals surface area (Å²) in [4.78, 5) is 3.71. The van der Waals surface area contributed by atoms with E-state index in [-0.39, 0.29) is 16.8 Å². The third-order valence-corrected chi connectivity index (χ3v) is 3.03. The van der Waals surface area contributed by atoms with Gasteiger partial charge in [0.25, 0.3) is 0 Å². The normalized spacial score (nSPS) is 14.2. The van der Waals surface area contributed by atoms with Crippen LogP contribution in [0.15, 0.2) is 30.5 Å². The molecule has 1 aromatic heterocycles. The number of aromatic nitrogens is 1. The second-order valence-electron chi connectivity index (χ2n) is 4.49. The van der Waals surface area contributed by atoms with Crippen molar-refractivity contribution in [3.8, 4) is 0 Å². The van der Waals surface area contributed by atoms with Gasteiger partial charge in [0.05, 0.1) is 11.9 Å². The Bertz CT molecular complexity index is 609. The van der Waals surface area contributed by atoms with Gasteiger partial charge in [0.1, 0.15) is 11.4 Å². The molecule has 0 saturated carbocycles. The van der Waals surface area contributed by atoms with Gasteiger partial charge in [-0.3, -0.25) is 4.98 Å². The summed E-state index contributed by atoms with van der Waals surface area (Å²) in [6.45, 7) is 2.70. The second kappa shape index (κ2) is 4.66. The largest absolute Gasteiger partial charge is 0.379 e. The first-order valence-corrected chi connectivity index (χ1v) is 5.63. The molecule has 100 valence electrons. The number of aliphatic hydroxyl groups is 1. The van der Waals surface area contributed by atoms with E-state index in [0.717, 1.165) is 12.3 Å². The van der Waals surface area contributed by atoms with Crippen LogP contribution in [0.5, 0.6) is 0 Å². The summed E-state index contributed by atoms with van der Waals surface area (Å²) in [7, 11) is 0. The Morgan fingerprint density at radius 3 is 2.32 bits per heavy atom. The average molecular weight is 267 g/mol. The number of rotatable bonds is 2. The summed E-state index contributed by atoms with van der Waals surface area (Å²) < 4.78 is 40.2. The number of hydrogen-bond acceptors (Lipinski definition) is 2. The molecule has 0 spiro atoms. The standard InChI is InChI=1S/C14H12F3NO/c1-8-3-5-10(13(17)12(8)16)14(2,19)11-6-4-9(15)7-18-11/h3-7,19H,1-2H3. The van der Waals surface area contributed by atoms with Crippen molar-refractivity contribution in [2.75, 3.05) is 0 Å². The van der Waals surface area contributed by atoms with E-state index in [1.165, 1.54) is 32.0 Å². The van der Waals surface area contributed by atoms with Crippen molar-refractivity contribution >= 4 is 0 Å². The Morgan fingerprint density at radius 2 is 1.74 bits per heavy atom. The lowest BCUT2D eigenvalue weighted by Crippen LogP contribution is -2.26. The molecule has 2 nitrogen and oxygen atoms in total. The molecule has 1 N–H and O–H groups in total. The fraction of sp³-hybridized carbons (Fsp3) is 0.214. The number of hydrogen-bond donors (Lipinski definition) is 1. The van der Waals surface area contributed by atoms with Crippen LogP contribution >= 0.6 is 0 Å². The first kappa shape index (κ1) is 13.5. The quantitative estimate of drug-likeness (QED) is 0.907. The van der Waals surface area contributed by atoms with E-state index in [1.54, 1.807) is 0 Å². The van der Waals surface area contributed by atoms with Crippen LogP contribution < -0.4 is 0 Å². The van der Waals surface area contributed by atoms with Gasteiger partial charge in [-0.1, -0.05) is 12.1 Å². The van der Waals surface area contributed by atoms with E-state index >= 15 is 0 Å². The summed E-state index contributed by atoms with van der Waals surface area (Å²) in [6.07, 6.45) is 0.909. The third kappa shape index (κ3) is 2.33. The Kier molecular flexibility index (Phi) is 3.32. The van der Waals surface area contributed by atoms with Gasteiger partial charge in [0.2, 0.25) is 0 Å². The molecule has 19 heavy (non-hydrogen) atoms. The lowest BCUT2D eigenvalue weighted by Gasteiger charge is -2.24. The smallest absolute Gasteiger partial charge is 0.165 e. The van der Waals surface area contributed by atoms with E-state index in [4.69, 9.17) is 0 Å². The fourth-order valence-corrected chi connectivity index (χ4v) is 1.82. The van der Waals surface area contributed by atoms with Crippen LogP contribution in [-0.2, 0) is 5.60 Å². The van der Waals surface area contributed by atoms with Gasteiger partial charge in [-0.05, 0) is 31.5 Å².